The summed E-state index contributed by atoms with van der Waals surface area (Å²) < 4.78 is 47.2. The number of aromatic nitrogens is 1. The zero-order valence-corrected chi connectivity index (χ0v) is 19.2. The third-order valence-electron chi connectivity index (χ3n) is 7.14. The van der Waals surface area contributed by atoms with Crippen LogP contribution in [0.5, 0.6) is 5.75 Å². The first-order valence-corrected chi connectivity index (χ1v) is 11.3. The molecule has 4 rings (SSSR count). The summed E-state index contributed by atoms with van der Waals surface area (Å²) in [6, 6.07) is 1.24. The van der Waals surface area contributed by atoms with Gasteiger partial charge in [-0.05, 0) is 57.1 Å². The van der Waals surface area contributed by atoms with Crippen molar-refractivity contribution in [3.05, 3.63) is 23.9 Å². The molecule has 7 nitrogen and oxygen atoms in total. The van der Waals surface area contributed by atoms with Crippen LogP contribution in [0.15, 0.2) is 23.3 Å². The van der Waals surface area contributed by atoms with E-state index in [4.69, 9.17) is 21.2 Å². The highest BCUT2D eigenvalue weighted by Crippen LogP contribution is 2.65. The lowest BCUT2D eigenvalue weighted by atomic mass is 9.78. The number of nitrogens with zero attached hydrogens (tertiary/aromatic N) is 3. The summed E-state index contributed by atoms with van der Waals surface area (Å²) in [6.45, 7) is 6.84. The second-order valence-electron chi connectivity index (χ2n) is 9.62. The maximum Gasteiger partial charge on any atom is 0.573 e. The number of hydrogen-bond acceptors (Lipinski definition) is 7. The Kier molecular flexibility index (Phi) is 6.34. The van der Waals surface area contributed by atoms with E-state index in [0.29, 0.717) is 34.6 Å². The molecule has 2 unspecified atom stereocenters. The van der Waals surface area contributed by atoms with Gasteiger partial charge in [0.2, 0.25) is 0 Å². The van der Waals surface area contributed by atoms with Crippen LogP contribution in [0.3, 0.4) is 0 Å². The number of rotatable bonds is 8. The van der Waals surface area contributed by atoms with E-state index in [2.05, 4.69) is 14.6 Å². The van der Waals surface area contributed by atoms with E-state index in [9.17, 15) is 13.2 Å². The predicted octanol–water partition coefficient (Wildman–Crippen LogP) is 3.46. The molecule has 2 saturated carbocycles. The molecule has 0 aromatic carbocycles. The summed E-state index contributed by atoms with van der Waals surface area (Å²) in [7, 11) is 1.73. The third kappa shape index (κ3) is 4.96. The molecule has 2 heterocycles. The maximum atomic E-state index is 12.7. The number of fused-ring (bicyclic) bond motifs is 1. The van der Waals surface area contributed by atoms with Gasteiger partial charge < -0.3 is 20.9 Å². The molecule has 3 aliphatic rings. The van der Waals surface area contributed by atoms with Crippen LogP contribution in [0.1, 0.15) is 38.7 Å². The number of nitrogen functional groups attached to an aromatic ring is 1. The first-order chi connectivity index (χ1) is 15.5. The molecule has 4 atom stereocenters. The fourth-order valence-corrected chi connectivity index (χ4v) is 5.58. The van der Waals surface area contributed by atoms with Crippen molar-refractivity contribution in [1.29, 1.82) is 0 Å². The van der Waals surface area contributed by atoms with E-state index in [1.54, 1.807) is 13.2 Å². The van der Waals surface area contributed by atoms with Crippen molar-refractivity contribution in [2.45, 2.75) is 51.1 Å². The van der Waals surface area contributed by atoms with Crippen LogP contribution in [0.4, 0.5) is 19.0 Å². The number of halogens is 3. The Hall–Kier alpha value is -2.33. The van der Waals surface area contributed by atoms with E-state index >= 15 is 0 Å². The van der Waals surface area contributed by atoms with E-state index < -0.39 is 12.1 Å². The van der Waals surface area contributed by atoms with Gasteiger partial charge in [-0.3, -0.25) is 9.89 Å². The predicted molar refractivity (Wildman–Crippen MR) is 121 cm³/mol. The van der Waals surface area contributed by atoms with Gasteiger partial charge >= 0.3 is 6.36 Å². The Bertz CT molecular complexity index is 935. The smallest absolute Gasteiger partial charge is 0.402 e. The Balaban J connectivity index is 1.50. The van der Waals surface area contributed by atoms with E-state index in [-0.39, 0.29) is 11.9 Å². The Labute approximate surface area is 192 Å². The average molecular weight is 468 g/mol. The minimum atomic E-state index is -4.86. The highest BCUT2D eigenvalue weighted by Gasteiger charge is 2.65. The molecule has 3 fully saturated rings. The van der Waals surface area contributed by atoms with Crippen LogP contribution in [0.2, 0.25) is 0 Å². The van der Waals surface area contributed by atoms with Gasteiger partial charge in [0.15, 0.2) is 11.6 Å². The van der Waals surface area contributed by atoms with Crippen molar-refractivity contribution < 1.29 is 22.6 Å². The van der Waals surface area contributed by atoms with E-state index in [0.717, 1.165) is 38.2 Å². The normalized spacial score (nSPS) is 30.0. The highest BCUT2D eigenvalue weighted by atomic mass is 19.4. The molecule has 0 bridgehead atoms. The molecule has 2 aliphatic carbocycles. The van der Waals surface area contributed by atoms with Crippen molar-refractivity contribution in [2.24, 2.45) is 28.5 Å². The number of ether oxygens (including phenoxy) is 2. The SMILES string of the molecule is COCCN1CCC12C[C@@H]1C(C(C=C(N)c3cnc(N)c(OC(F)(F)F)c3)=NC(C)C)[C@@H]1C2. The Morgan fingerprint density at radius 1 is 1.36 bits per heavy atom. The van der Waals surface area contributed by atoms with Crippen LogP contribution in [0, 0.1) is 17.8 Å². The van der Waals surface area contributed by atoms with E-state index in [1.165, 1.54) is 18.7 Å². The minimum Gasteiger partial charge on any atom is -0.402 e. The first kappa shape index (κ1) is 23.8. The topological polar surface area (TPSA) is 99.0 Å². The van der Waals surface area contributed by atoms with Crippen molar-refractivity contribution in [2.75, 3.05) is 32.5 Å². The average Bonchev–Trinajstić information content (AvgIpc) is 3.21. The Morgan fingerprint density at radius 2 is 2.06 bits per heavy atom. The summed E-state index contributed by atoms with van der Waals surface area (Å²) >= 11 is 0. The van der Waals surface area contributed by atoms with Crippen LogP contribution in [0.25, 0.3) is 5.70 Å². The van der Waals surface area contributed by atoms with Crippen LogP contribution >= 0.6 is 0 Å². The molecule has 1 saturated heterocycles. The van der Waals surface area contributed by atoms with Gasteiger partial charge in [-0.1, -0.05) is 0 Å². The number of methoxy groups -OCH3 is 1. The fraction of sp³-hybridized carbons (Fsp3) is 0.652. The second-order valence-corrected chi connectivity index (χ2v) is 9.62. The molecule has 1 spiro atoms. The van der Waals surface area contributed by atoms with Crippen molar-refractivity contribution in [1.82, 2.24) is 9.88 Å². The van der Waals surface area contributed by atoms with Crippen LogP contribution in [-0.2, 0) is 4.74 Å². The monoisotopic (exact) mass is 467 g/mol. The minimum absolute atomic E-state index is 0.0786. The Morgan fingerprint density at radius 3 is 2.61 bits per heavy atom. The summed E-state index contributed by atoms with van der Waals surface area (Å²) in [5, 5.41) is 0. The van der Waals surface area contributed by atoms with Crippen molar-refractivity contribution >= 4 is 17.2 Å². The second kappa shape index (κ2) is 8.79. The molecule has 182 valence electrons. The molecule has 4 N–H and O–H groups in total. The lowest BCUT2D eigenvalue weighted by Crippen LogP contribution is -2.60. The molecular weight excluding hydrogens is 435 g/mol. The number of hydrogen-bond donors (Lipinski definition) is 2. The van der Waals surface area contributed by atoms with Crippen LogP contribution < -0.4 is 16.2 Å². The van der Waals surface area contributed by atoms with E-state index in [1.807, 2.05) is 13.8 Å². The summed E-state index contributed by atoms with van der Waals surface area (Å²) in [5.41, 5.74) is 13.6. The number of anilines is 1. The van der Waals surface area contributed by atoms with Gasteiger partial charge in [0, 0.05) is 60.9 Å². The number of nitrogens with two attached hydrogens (primary N) is 2. The van der Waals surface area contributed by atoms with Gasteiger partial charge in [0.1, 0.15) is 0 Å². The third-order valence-corrected chi connectivity index (χ3v) is 7.14. The molecule has 10 heteroatoms. The molecule has 1 aliphatic heterocycles. The zero-order chi connectivity index (χ0) is 24.0. The molecule has 1 aromatic heterocycles. The molecule has 33 heavy (non-hydrogen) atoms. The molecular formula is C23H32F3N5O2. The highest BCUT2D eigenvalue weighted by molar-refractivity contribution is 6.04. The maximum absolute atomic E-state index is 12.7. The molecule has 0 amide bonds. The number of likely N-dealkylation sites (tertiary alicyclic amines) is 1. The largest absolute Gasteiger partial charge is 0.573 e. The number of aliphatic imine (C=N–C) groups is 1. The van der Waals surface area contributed by atoms with Gasteiger partial charge in [-0.15, -0.1) is 13.2 Å². The number of pyridine rings is 1. The number of allylic oxidation sites excluding steroid dienone is 1. The molecule has 0 radical (unpaired) electrons. The number of alkyl halides is 3. The van der Waals surface area contributed by atoms with Crippen molar-refractivity contribution in [3.8, 4) is 5.75 Å². The van der Waals surface area contributed by atoms with Gasteiger partial charge in [0.05, 0.1) is 6.61 Å². The fourth-order valence-electron chi connectivity index (χ4n) is 5.58. The lowest BCUT2D eigenvalue weighted by Gasteiger charge is -2.52. The van der Waals surface area contributed by atoms with Crippen LogP contribution in [-0.4, -0.2) is 60.3 Å². The summed E-state index contributed by atoms with van der Waals surface area (Å²) in [6.07, 6.45) is 1.78. The lowest BCUT2D eigenvalue weighted by molar-refractivity contribution is -0.274. The molecule has 1 aromatic rings. The first-order valence-electron chi connectivity index (χ1n) is 11.3. The standard InChI is InChI=1S/C23H32F3N5O2/c1-13(2)30-18(9-17(27)14-8-19(21(28)29-12-14)33-23(24,25)26)20-15-10-22(11-16(15)20)4-5-31(22)6-7-32-3/h8-9,12-13,15-16,20H,4-7,10-11,27H2,1-3H3,(H2,28,29)/t15-,16+,20?,22?. The summed E-state index contributed by atoms with van der Waals surface area (Å²) in [4.78, 5) is 11.2. The quantitative estimate of drug-likeness (QED) is 0.568. The van der Waals surface area contributed by atoms with Gasteiger partial charge in [0.25, 0.3) is 0 Å². The van der Waals surface area contributed by atoms with Gasteiger partial charge in [-0.25, -0.2) is 4.98 Å². The van der Waals surface area contributed by atoms with Crippen molar-refractivity contribution in [3.63, 3.8) is 0 Å². The summed E-state index contributed by atoms with van der Waals surface area (Å²) in [5.74, 6) is 0.538. The van der Waals surface area contributed by atoms with Gasteiger partial charge in [-0.2, -0.15) is 0 Å². The zero-order valence-electron chi connectivity index (χ0n) is 19.2.